The largest absolute Gasteiger partial charge is 0.492 e. The summed E-state index contributed by atoms with van der Waals surface area (Å²) in [5.74, 6) is -0.556. The Bertz CT molecular complexity index is 1420. The molecule has 2 N–H and O–H groups in total. The first-order valence-corrected chi connectivity index (χ1v) is 12.5. The van der Waals surface area contributed by atoms with E-state index in [2.05, 4.69) is 21.7 Å². The van der Waals surface area contributed by atoms with Crippen molar-refractivity contribution in [1.29, 1.82) is 5.26 Å². The fraction of sp³-hybridized carbons (Fsp3) is 0.400. The zero-order chi connectivity index (χ0) is 27.5. The normalized spacial score (nSPS) is 13.6. The number of rotatable bonds is 9. The molecule has 0 aliphatic carbocycles. The Balaban J connectivity index is 1.77. The first kappa shape index (κ1) is 28.8. The lowest BCUT2D eigenvalue weighted by atomic mass is 10.3. The summed E-state index contributed by atoms with van der Waals surface area (Å²) in [5, 5.41) is 13.8. The number of hydrogen-bond donors (Lipinski definition) is 2. The van der Waals surface area contributed by atoms with Gasteiger partial charge in [-0.05, 0) is 19.1 Å². The number of nitrogens with zero attached hydrogens (tertiary/aromatic N) is 3. The number of ether oxygens (including phenoxy) is 2. The van der Waals surface area contributed by atoms with Crippen LogP contribution in [-0.2, 0) is 16.1 Å². The van der Waals surface area contributed by atoms with E-state index in [0.29, 0.717) is 18.0 Å². The Morgan fingerprint density at radius 1 is 1.32 bits per heavy atom. The average molecular weight is 550 g/mol. The Morgan fingerprint density at radius 2 is 2.08 bits per heavy atom. The molecule has 202 valence electrons. The summed E-state index contributed by atoms with van der Waals surface area (Å²) in [7, 11) is 0. The Labute approximate surface area is 220 Å². The van der Waals surface area contributed by atoms with E-state index in [1.807, 2.05) is 18.2 Å². The van der Waals surface area contributed by atoms with Gasteiger partial charge in [0.15, 0.2) is 5.57 Å². The van der Waals surface area contributed by atoms with Gasteiger partial charge in [-0.1, -0.05) is 28.9 Å². The van der Waals surface area contributed by atoms with Crippen molar-refractivity contribution in [2.24, 2.45) is 0 Å². The predicted octanol–water partition coefficient (Wildman–Crippen LogP) is 1.15. The first-order valence-electron chi connectivity index (χ1n) is 11.7. The van der Waals surface area contributed by atoms with Crippen LogP contribution in [0.3, 0.4) is 0 Å². The van der Waals surface area contributed by atoms with Gasteiger partial charge in [0.1, 0.15) is 34.2 Å². The molecule has 0 unspecified atom stereocenters. The maximum atomic E-state index is 12.7. The smallest absolute Gasteiger partial charge is 0.405 e. The van der Waals surface area contributed by atoms with Crippen molar-refractivity contribution in [2.75, 3.05) is 51.3 Å². The van der Waals surface area contributed by atoms with Crippen LogP contribution in [-0.4, -0.2) is 67.6 Å². The average Bonchev–Trinajstić information content (AvgIpc) is 3.20. The first-order chi connectivity index (χ1) is 18.2. The Morgan fingerprint density at radius 3 is 2.76 bits per heavy atom. The quantitative estimate of drug-likeness (QED) is 0.357. The van der Waals surface area contributed by atoms with Gasteiger partial charge in [-0.3, -0.25) is 19.1 Å². The Kier molecular flexibility index (Phi) is 10.4. The van der Waals surface area contributed by atoms with Gasteiger partial charge in [0.25, 0.3) is 11.5 Å². The molecule has 2 heterocycles. The number of amides is 1. The summed E-state index contributed by atoms with van der Waals surface area (Å²) in [6.45, 7) is 4.82. The maximum absolute atomic E-state index is 12.7. The lowest BCUT2D eigenvalue weighted by Gasteiger charge is -2.26. The number of nitriles is 1. The van der Waals surface area contributed by atoms with E-state index in [1.165, 1.54) is 16.8 Å². The molecule has 13 heteroatoms. The zero-order valence-corrected chi connectivity index (χ0v) is 21.4. The molecular formula is C25H26F3N5O4S. The fourth-order valence-corrected chi connectivity index (χ4v) is 4.35. The fourth-order valence-electron chi connectivity index (χ4n) is 3.37. The number of halogens is 3. The third kappa shape index (κ3) is 8.66. The van der Waals surface area contributed by atoms with Gasteiger partial charge in [0.2, 0.25) is 0 Å². The van der Waals surface area contributed by atoms with Crippen LogP contribution >= 0.6 is 11.3 Å². The standard InChI is InChI=1S/C25H26F3N5O4S/c1-2-33-22(14-18(16-29)23(34)31-17-25(26,27)28)38-21(24(33)35)6-7-30-19-4-3-5-20(15-19)37-13-10-32-8-11-36-12-9-32/h3-5,7,15,30H,2,8-13,17H2,1H3,(H,31,34). The van der Waals surface area contributed by atoms with Gasteiger partial charge in [-0.15, -0.1) is 0 Å². The van der Waals surface area contributed by atoms with E-state index in [-0.39, 0.29) is 15.7 Å². The summed E-state index contributed by atoms with van der Waals surface area (Å²) in [6, 6.07) is 8.80. The van der Waals surface area contributed by atoms with Gasteiger partial charge in [-0.25, -0.2) is 0 Å². The Hall–Kier alpha value is -3.78. The SMILES string of the molecule is CCn1c(=C=C(C#N)C(=O)NCC(F)(F)F)sc(=C=CNc2cccc(OCCN3CCOCC3)c2)c1=O. The number of thiazole rings is 1. The third-order valence-electron chi connectivity index (χ3n) is 5.28. The van der Waals surface area contributed by atoms with Crippen LogP contribution < -0.4 is 30.1 Å². The number of carbonyl (C=O) groups is 1. The molecule has 0 bridgehead atoms. The highest BCUT2D eigenvalue weighted by Crippen LogP contribution is 2.17. The van der Waals surface area contributed by atoms with Gasteiger partial charge in [0, 0.05) is 44.1 Å². The number of nitrogens with one attached hydrogen (secondary N) is 2. The topological polar surface area (TPSA) is 109 Å². The maximum Gasteiger partial charge on any atom is 0.405 e. The van der Waals surface area contributed by atoms with Crippen molar-refractivity contribution >= 4 is 34.4 Å². The number of benzene rings is 1. The highest BCUT2D eigenvalue weighted by Gasteiger charge is 2.28. The number of hydrogen-bond acceptors (Lipinski definition) is 8. The third-order valence-corrected chi connectivity index (χ3v) is 6.29. The molecule has 1 aliphatic rings. The van der Waals surface area contributed by atoms with E-state index < -0.39 is 29.8 Å². The van der Waals surface area contributed by atoms with E-state index in [9.17, 15) is 28.0 Å². The van der Waals surface area contributed by atoms with Crippen molar-refractivity contribution in [3.05, 3.63) is 55.6 Å². The zero-order valence-electron chi connectivity index (χ0n) is 20.6. The molecular weight excluding hydrogens is 523 g/mol. The predicted molar refractivity (Wildman–Crippen MR) is 136 cm³/mol. The molecule has 9 nitrogen and oxygen atoms in total. The van der Waals surface area contributed by atoms with Crippen LogP contribution in [0.2, 0.25) is 0 Å². The van der Waals surface area contributed by atoms with Crippen LogP contribution in [0.5, 0.6) is 5.75 Å². The lowest BCUT2D eigenvalue weighted by Crippen LogP contribution is -2.38. The minimum atomic E-state index is -4.63. The highest BCUT2D eigenvalue weighted by atomic mass is 32.1. The molecule has 0 radical (unpaired) electrons. The van der Waals surface area contributed by atoms with Crippen LogP contribution in [0, 0.1) is 11.3 Å². The number of alkyl halides is 3. The molecule has 1 aliphatic heterocycles. The molecule has 1 aromatic heterocycles. The minimum absolute atomic E-state index is 0.114. The van der Waals surface area contributed by atoms with Crippen LogP contribution in [0.15, 0.2) is 40.8 Å². The molecule has 0 saturated carbocycles. The molecule has 1 saturated heterocycles. The monoisotopic (exact) mass is 549 g/mol. The van der Waals surface area contributed by atoms with Crippen molar-refractivity contribution in [1.82, 2.24) is 14.8 Å². The number of carbonyl (C=O) groups excluding carboxylic acids is 1. The number of aromatic nitrogens is 1. The van der Waals surface area contributed by atoms with Crippen LogP contribution in [0.25, 0.3) is 11.5 Å². The van der Waals surface area contributed by atoms with E-state index in [4.69, 9.17) is 9.47 Å². The van der Waals surface area contributed by atoms with Gasteiger partial charge in [0.05, 0.1) is 13.2 Å². The van der Waals surface area contributed by atoms with Crippen LogP contribution in [0.4, 0.5) is 18.9 Å². The van der Waals surface area contributed by atoms with E-state index in [0.717, 1.165) is 44.2 Å². The molecule has 0 atom stereocenters. The van der Waals surface area contributed by atoms with E-state index in [1.54, 1.807) is 18.3 Å². The van der Waals surface area contributed by atoms with E-state index >= 15 is 0 Å². The van der Waals surface area contributed by atoms with Gasteiger partial charge < -0.3 is 20.1 Å². The second-order valence-electron chi connectivity index (χ2n) is 7.96. The van der Waals surface area contributed by atoms with Crippen molar-refractivity contribution < 1.29 is 27.4 Å². The number of morpholine rings is 1. The molecule has 3 rings (SSSR count). The van der Waals surface area contributed by atoms with Crippen molar-refractivity contribution in [3.63, 3.8) is 0 Å². The molecule has 1 amide bonds. The summed E-state index contributed by atoms with van der Waals surface area (Å²) >= 11 is 0.903. The van der Waals surface area contributed by atoms with Crippen LogP contribution in [0.1, 0.15) is 6.92 Å². The lowest BCUT2D eigenvalue weighted by molar-refractivity contribution is -0.136. The summed E-state index contributed by atoms with van der Waals surface area (Å²) in [4.78, 5) is 26.9. The summed E-state index contributed by atoms with van der Waals surface area (Å²) in [5.41, 5.74) is 4.89. The van der Waals surface area contributed by atoms with Crippen molar-refractivity contribution in [3.8, 4) is 11.8 Å². The molecule has 38 heavy (non-hydrogen) atoms. The summed E-state index contributed by atoms with van der Waals surface area (Å²) < 4.78 is 49.8. The van der Waals surface area contributed by atoms with Gasteiger partial charge in [-0.2, -0.15) is 18.4 Å². The second-order valence-corrected chi connectivity index (χ2v) is 8.96. The van der Waals surface area contributed by atoms with Crippen molar-refractivity contribution in [2.45, 2.75) is 19.6 Å². The second kappa shape index (κ2) is 13.7. The summed E-state index contributed by atoms with van der Waals surface area (Å²) in [6.07, 6.45) is -3.19. The minimum Gasteiger partial charge on any atom is -0.492 e. The van der Waals surface area contributed by atoms with Gasteiger partial charge >= 0.3 is 6.18 Å². The number of anilines is 1. The highest BCUT2D eigenvalue weighted by molar-refractivity contribution is 7.07. The molecule has 1 aromatic carbocycles. The molecule has 0 spiro atoms. The molecule has 1 fully saturated rings. The molecule has 2 aromatic rings.